The lowest BCUT2D eigenvalue weighted by Crippen LogP contribution is -2.61. The highest BCUT2D eigenvalue weighted by Crippen LogP contribution is 2.42. The van der Waals surface area contributed by atoms with E-state index in [1.807, 2.05) is 53.8 Å². The van der Waals surface area contributed by atoms with Gasteiger partial charge in [0.2, 0.25) is 0 Å². The molecule has 2 aromatic rings. The number of likely N-dealkylation sites (tertiary alicyclic amines) is 2. The molecule has 4 fully saturated rings. The molecule has 1 aromatic carbocycles. The number of amides is 2. The van der Waals surface area contributed by atoms with Crippen LogP contribution in [-0.2, 0) is 4.74 Å². The summed E-state index contributed by atoms with van der Waals surface area (Å²) >= 11 is 0. The summed E-state index contributed by atoms with van der Waals surface area (Å²) in [5.41, 5.74) is 3.10. The number of hydrogen-bond acceptors (Lipinski definition) is 5. The van der Waals surface area contributed by atoms with E-state index in [9.17, 15) is 9.59 Å². The summed E-state index contributed by atoms with van der Waals surface area (Å²) < 4.78 is 8.36. The van der Waals surface area contributed by atoms with Crippen molar-refractivity contribution in [2.75, 3.05) is 39.3 Å². The van der Waals surface area contributed by atoms with E-state index in [0.29, 0.717) is 17.9 Å². The van der Waals surface area contributed by atoms with Crippen molar-refractivity contribution in [3.8, 4) is 5.69 Å². The molecule has 3 saturated heterocycles. The summed E-state index contributed by atoms with van der Waals surface area (Å²) in [5.74, 6) is 1.17. The molecule has 6 rings (SSSR count). The van der Waals surface area contributed by atoms with Gasteiger partial charge in [-0.15, -0.1) is 0 Å². The number of para-hydroxylation sites is 1. The number of nitrogens with zero attached hydrogens (tertiary/aromatic N) is 5. The number of rotatable bonds is 8. The van der Waals surface area contributed by atoms with Gasteiger partial charge in [0.05, 0.1) is 22.6 Å². The molecule has 1 spiro atoms. The Morgan fingerprint density at radius 3 is 2.36 bits per heavy atom. The third-order valence-electron chi connectivity index (χ3n) is 11.3. The molecular formula is C36H53N5O3. The van der Waals surface area contributed by atoms with Crippen molar-refractivity contribution in [1.82, 2.24) is 24.5 Å². The highest BCUT2D eigenvalue weighted by Gasteiger charge is 2.50. The zero-order valence-corrected chi connectivity index (χ0v) is 27.3. The van der Waals surface area contributed by atoms with Crippen molar-refractivity contribution in [2.24, 2.45) is 11.8 Å². The standard InChI is InChI=1S/C36H53N5O3/c1-4-5-14-30-26-40(25-29-12-8-6-9-13-29)35(43)44-36(30)19-23-38(24-20-36)31-17-21-39(22-18-31)34(42)33-27(2)37-41(28(33)3)32-15-10-7-11-16-32/h7,10-11,15-16,29-31H,4-6,8-9,12-14,17-26H2,1-3H3. The predicted molar refractivity (Wildman–Crippen MR) is 173 cm³/mol. The van der Waals surface area contributed by atoms with Crippen molar-refractivity contribution in [3.63, 3.8) is 0 Å². The second-order valence-electron chi connectivity index (χ2n) is 14.0. The number of benzene rings is 1. The van der Waals surface area contributed by atoms with E-state index in [1.54, 1.807) is 0 Å². The normalized spacial score (nSPS) is 23.7. The molecule has 8 nitrogen and oxygen atoms in total. The molecule has 1 aromatic heterocycles. The Balaban J connectivity index is 1.04. The van der Waals surface area contributed by atoms with Crippen molar-refractivity contribution in [1.29, 1.82) is 0 Å². The number of carbonyl (C=O) groups is 2. The maximum atomic E-state index is 13.7. The lowest BCUT2D eigenvalue weighted by atomic mass is 9.75. The van der Waals surface area contributed by atoms with Crippen molar-refractivity contribution >= 4 is 12.0 Å². The topological polar surface area (TPSA) is 70.9 Å². The summed E-state index contributed by atoms with van der Waals surface area (Å²) in [5, 5.41) is 4.71. The van der Waals surface area contributed by atoms with E-state index in [4.69, 9.17) is 9.84 Å². The first-order valence-corrected chi connectivity index (χ1v) is 17.5. The fourth-order valence-electron chi connectivity index (χ4n) is 8.61. The summed E-state index contributed by atoms with van der Waals surface area (Å²) in [6, 6.07) is 10.5. The van der Waals surface area contributed by atoms with Gasteiger partial charge in [-0.25, -0.2) is 9.48 Å². The molecule has 0 N–H and O–H groups in total. The van der Waals surface area contributed by atoms with Crippen LogP contribution in [0.1, 0.15) is 106 Å². The predicted octanol–water partition coefficient (Wildman–Crippen LogP) is 6.77. The maximum Gasteiger partial charge on any atom is 0.410 e. The van der Waals surface area contributed by atoms with Gasteiger partial charge in [0.25, 0.3) is 5.91 Å². The van der Waals surface area contributed by atoms with Crippen LogP contribution < -0.4 is 0 Å². The average molecular weight is 604 g/mol. The molecule has 1 saturated carbocycles. The van der Waals surface area contributed by atoms with E-state index in [-0.39, 0.29) is 17.6 Å². The number of aryl methyl sites for hydroxylation is 1. The molecule has 4 aliphatic rings. The number of carbonyl (C=O) groups excluding carboxylic acids is 2. The molecule has 0 bridgehead atoms. The molecule has 2 amide bonds. The van der Waals surface area contributed by atoms with Gasteiger partial charge in [0.1, 0.15) is 5.60 Å². The lowest BCUT2D eigenvalue weighted by molar-refractivity contribution is -0.127. The summed E-state index contributed by atoms with van der Waals surface area (Å²) in [7, 11) is 0. The van der Waals surface area contributed by atoms with Crippen LogP contribution in [0, 0.1) is 25.7 Å². The highest BCUT2D eigenvalue weighted by atomic mass is 16.6. The minimum atomic E-state index is -0.309. The Morgan fingerprint density at radius 2 is 1.68 bits per heavy atom. The van der Waals surface area contributed by atoms with E-state index in [1.165, 1.54) is 44.9 Å². The van der Waals surface area contributed by atoms with Gasteiger partial charge in [0, 0.05) is 64.1 Å². The van der Waals surface area contributed by atoms with Gasteiger partial charge >= 0.3 is 6.09 Å². The number of hydrogen-bond donors (Lipinski definition) is 0. The zero-order valence-electron chi connectivity index (χ0n) is 27.3. The van der Waals surface area contributed by atoms with Crippen LogP contribution in [0.5, 0.6) is 0 Å². The smallest absolute Gasteiger partial charge is 0.410 e. The van der Waals surface area contributed by atoms with Crippen molar-refractivity contribution in [2.45, 2.75) is 109 Å². The first-order valence-electron chi connectivity index (χ1n) is 17.5. The summed E-state index contributed by atoms with van der Waals surface area (Å²) in [4.78, 5) is 33.7. The van der Waals surface area contributed by atoms with Crippen LogP contribution in [0.15, 0.2) is 30.3 Å². The molecule has 44 heavy (non-hydrogen) atoms. The Kier molecular flexibility index (Phi) is 9.65. The van der Waals surface area contributed by atoms with Crippen molar-refractivity contribution < 1.29 is 14.3 Å². The van der Waals surface area contributed by atoms with Gasteiger partial charge in [0.15, 0.2) is 0 Å². The van der Waals surface area contributed by atoms with E-state index >= 15 is 0 Å². The Hall–Kier alpha value is -2.87. The van der Waals surface area contributed by atoms with E-state index < -0.39 is 0 Å². The molecule has 8 heteroatoms. The third kappa shape index (κ3) is 6.42. The monoisotopic (exact) mass is 603 g/mol. The fraction of sp³-hybridized carbons (Fsp3) is 0.694. The fourth-order valence-corrected chi connectivity index (χ4v) is 8.61. The molecule has 1 unspecified atom stereocenters. The van der Waals surface area contributed by atoms with Crippen LogP contribution >= 0.6 is 0 Å². The minimum absolute atomic E-state index is 0.0650. The molecule has 4 heterocycles. The van der Waals surface area contributed by atoms with Gasteiger partial charge in [-0.05, 0) is 64.0 Å². The average Bonchev–Trinajstić information content (AvgIpc) is 3.36. The van der Waals surface area contributed by atoms with Gasteiger partial charge < -0.3 is 14.5 Å². The Labute approximate surface area is 264 Å². The SMILES string of the molecule is CCCCC1CN(CC2CCCCC2)C(=O)OC12CCN(C1CCN(C(=O)c3c(C)nn(-c4ccccc4)c3C)CC1)CC2. The van der Waals surface area contributed by atoms with E-state index in [0.717, 1.165) is 94.0 Å². The second kappa shape index (κ2) is 13.6. The van der Waals surface area contributed by atoms with Crippen LogP contribution in [-0.4, -0.2) is 87.4 Å². The Morgan fingerprint density at radius 1 is 0.977 bits per heavy atom. The van der Waals surface area contributed by atoms with Crippen LogP contribution in [0.3, 0.4) is 0 Å². The van der Waals surface area contributed by atoms with Crippen LogP contribution in [0.25, 0.3) is 5.69 Å². The van der Waals surface area contributed by atoms with Crippen molar-refractivity contribution in [3.05, 3.63) is 47.3 Å². The first-order chi connectivity index (χ1) is 21.4. The summed E-state index contributed by atoms with van der Waals surface area (Å²) in [6.07, 6.45) is 13.7. The third-order valence-corrected chi connectivity index (χ3v) is 11.3. The van der Waals surface area contributed by atoms with Gasteiger partial charge in [-0.3, -0.25) is 9.69 Å². The van der Waals surface area contributed by atoms with Crippen LogP contribution in [0.2, 0.25) is 0 Å². The number of aromatic nitrogens is 2. The summed E-state index contributed by atoms with van der Waals surface area (Å²) in [6.45, 7) is 11.4. The van der Waals surface area contributed by atoms with E-state index in [2.05, 4.69) is 16.7 Å². The largest absolute Gasteiger partial charge is 0.442 e. The lowest BCUT2D eigenvalue weighted by Gasteiger charge is -2.52. The molecular weight excluding hydrogens is 550 g/mol. The molecule has 1 atom stereocenters. The number of ether oxygens (including phenoxy) is 1. The minimum Gasteiger partial charge on any atom is -0.442 e. The Bertz CT molecular complexity index is 1270. The zero-order chi connectivity index (χ0) is 30.7. The highest BCUT2D eigenvalue weighted by molar-refractivity contribution is 5.96. The van der Waals surface area contributed by atoms with Crippen LogP contribution in [0.4, 0.5) is 4.79 Å². The molecule has 0 radical (unpaired) electrons. The molecule has 1 aliphatic carbocycles. The number of piperidine rings is 2. The maximum absolute atomic E-state index is 13.7. The second-order valence-corrected chi connectivity index (χ2v) is 14.0. The van der Waals surface area contributed by atoms with Gasteiger partial charge in [-0.1, -0.05) is 57.2 Å². The quantitative estimate of drug-likeness (QED) is 0.333. The number of unbranched alkanes of at least 4 members (excludes halogenated alkanes) is 1. The first kappa shape index (κ1) is 31.1. The van der Waals surface area contributed by atoms with Gasteiger partial charge in [-0.2, -0.15) is 5.10 Å². The molecule has 3 aliphatic heterocycles. The molecule has 240 valence electrons.